The third-order valence-corrected chi connectivity index (χ3v) is 6.52. The van der Waals surface area contributed by atoms with Crippen molar-refractivity contribution >= 4 is 10.0 Å². The number of nitrogens with one attached hydrogen (secondary N) is 1. The molecular formula is C13H26N2O3S. The number of hydrogen-bond acceptors (Lipinski definition) is 4. The Hall–Kier alpha value is -0.170. The molecule has 0 aliphatic carbocycles. The molecule has 2 rings (SSSR count). The highest BCUT2D eigenvalue weighted by atomic mass is 32.2. The summed E-state index contributed by atoms with van der Waals surface area (Å²) in [4.78, 5) is 0. The average Bonchev–Trinajstić information content (AvgIpc) is 2.46. The lowest BCUT2D eigenvalue weighted by Gasteiger charge is -2.36. The van der Waals surface area contributed by atoms with Crippen molar-refractivity contribution in [1.29, 1.82) is 0 Å². The van der Waals surface area contributed by atoms with Crippen LogP contribution in [-0.4, -0.2) is 56.9 Å². The van der Waals surface area contributed by atoms with Crippen molar-refractivity contribution in [3.63, 3.8) is 0 Å². The molecule has 1 N–H and O–H groups in total. The minimum atomic E-state index is -3.16. The third kappa shape index (κ3) is 3.68. The molecule has 0 radical (unpaired) electrons. The average molecular weight is 290 g/mol. The zero-order valence-corrected chi connectivity index (χ0v) is 12.6. The van der Waals surface area contributed by atoms with Crippen molar-refractivity contribution in [3.05, 3.63) is 0 Å². The van der Waals surface area contributed by atoms with Crippen LogP contribution in [0.15, 0.2) is 0 Å². The zero-order valence-electron chi connectivity index (χ0n) is 11.8. The summed E-state index contributed by atoms with van der Waals surface area (Å²) in [6.45, 7) is 5.71. The van der Waals surface area contributed by atoms with Crippen molar-refractivity contribution in [2.24, 2.45) is 0 Å². The molecule has 2 aliphatic rings. The van der Waals surface area contributed by atoms with Crippen molar-refractivity contribution in [1.82, 2.24) is 9.62 Å². The van der Waals surface area contributed by atoms with E-state index in [1.165, 1.54) is 0 Å². The van der Waals surface area contributed by atoms with E-state index in [9.17, 15) is 8.42 Å². The van der Waals surface area contributed by atoms with E-state index in [0.29, 0.717) is 32.6 Å². The maximum absolute atomic E-state index is 12.8. The van der Waals surface area contributed by atoms with E-state index in [0.717, 1.165) is 32.4 Å². The topological polar surface area (TPSA) is 58.6 Å². The van der Waals surface area contributed by atoms with Gasteiger partial charge in [-0.25, -0.2) is 8.42 Å². The first-order chi connectivity index (χ1) is 9.16. The second-order valence-electron chi connectivity index (χ2n) is 5.45. The van der Waals surface area contributed by atoms with Crippen LogP contribution in [-0.2, 0) is 14.8 Å². The second kappa shape index (κ2) is 7.02. The summed E-state index contributed by atoms with van der Waals surface area (Å²) in [6, 6.07) is 0.189. The molecule has 0 aromatic carbocycles. The van der Waals surface area contributed by atoms with Gasteiger partial charge in [0.25, 0.3) is 0 Å². The summed E-state index contributed by atoms with van der Waals surface area (Å²) in [5.74, 6) is 0. The fourth-order valence-electron chi connectivity index (χ4n) is 3.00. The van der Waals surface area contributed by atoms with Gasteiger partial charge in [0.15, 0.2) is 0 Å². The molecule has 0 aromatic rings. The van der Waals surface area contributed by atoms with Gasteiger partial charge in [-0.15, -0.1) is 0 Å². The lowest BCUT2D eigenvalue weighted by atomic mass is 10.1. The predicted octanol–water partition coefficient (Wildman–Crippen LogP) is 0.959. The van der Waals surface area contributed by atoms with Gasteiger partial charge in [0.1, 0.15) is 0 Å². The monoisotopic (exact) mass is 290 g/mol. The standard InChI is InChI=1S/C13H26N2O3S/c1-2-9-15(12-3-7-14-8-4-12)19(16,17)13-5-10-18-11-6-13/h12-14H,2-11H2,1H3. The molecule has 0 spiro atoms. The van der Waals surface area contributed by atoms with Crippen LogP contribution in [0.25, 0.3) is 0 Å². The van der Waals surface area contributed by atoms with E-state index >= 15 is 0 Å². The van der Waals surface area contributed by atoms with E-state index in [4.69, 9.17) is 4.74 Å². The Kier molecular flexibility index (Phi) is 5.62. The number of ether oxygens (including phenoxy) is 1. The summed E-state index contributed by atoms with van der Waals surface area (Å²) in [7, 11) is -3.16. The van der Waals surface area contributed by atoms with Gasteiger partial charge in [-0.05, 0) is 45.2 Å². The molecule has 5 nitrogen and oxygen atoms in total. The van der Waals surface area contributed by atoms with Gasteiger partial charge in [-0.2, -0.15) is 4.31 Å². The van der Waals surface area contributed by atoms with Gasteiger partial charge in [-0.3, -0.25) is 0 Å². The van der Waals surface area contributed by atoms with Crippen LogP contribution in [0.2, 0.25) is 0 Å². The molecule has 2 fully saturated rings. The molecule has 0 bridgehead atoms. The number of rotatable bonds is 5. The quantitative estimate of drug-likeness (QED) is 0.819. The lowest BCUT2D eigenvalue weighted by molar-refractivity contribution is 0.0964. The Bertz CT molecular complexity index is 360. The zero-order chi connectivity index (χ0) is 13.7. The summed E-state index contributed by atoms with van der Waals surface area (Å²) in [6.07, 6.45) is 4.04. The largest absolute Gasteiger partial charge is 0.381 e. The van der Waals surface area contributed by atoms with Gasteiger partial charge >= 0.3 is 0 Å². The van der Waals surface area contributed by atoms with E-state index in [2.05, 4.69) is 5.32 Å². The Morgan fingerprint density at radius 3 is 2.37 bits per heavy atom. The number of hydrogen-bond donors (Lipinski definition) is 1. The fraction of sp³-hybridized carbons (Fsp3) is 1.00. The molecule has 2 aliphatic heterocycles. The Balaban J connectivity index is 2.11. The summed E-state index contributed by atoms with van der Waals surface area (Å²) < 4.78 is 32.7. The van der Waals surface area contributed by atoms with Crippen molar-refractivity contribution in [3.8, 4) is 0 Å². The maximum atomic E-state index is 12.8. The predicted molar refractivity (Wildman–Crippen MR) is 75.6 cm³/mol. The van der Waals surface area contributed by atoms with Gasteiger partial charge in [0, 0.05) is 25.8 Å². The molecule has 0 saturated carbocycles. The molecule has 2 heterocycles. The Labute approximate surface area is 116 Å². The van der Waals surface area contributed by atoms with Gasteiger partial charge in [0.2, 0.25) is 10.0 Å². The van der Waals surface area contributed by atoms with Crippen LogP contribution in [0, 0.1) is 0 Å². The van der Waals surface area contributed by atoms with Gasteiger partial charge < -0.3 is 10.1 Å². The van der Waals surface area contributed by atoms with Crippen molar-refractivity contribution < 1.29 is 13.2 Å². The molecular weight excluding hydrogens is 264 g/mol. The normalized spacial score (nSPS) is 23.9. The SMILES string of the molecule is CCCN(C1CCNCC1)S(=O)(=O)C1CCOCC1. The third-order valence-electron chi connectivity index (χ3n) is 4.08. The molecule has 0 aromatic heterocycles. The van der Waals surface area contributed by atoms with Gasteiger partial charge in [0.05, 0.1) is 5.25 Å². The van der Waals surface area contributed by atoms with Crippen LogP contribution in [0.3, 0.4) is 0 Å². The molecule has 0 unspecified atom stereocenters. The molecule has 112 valence electrons. The smallest absolute Gasteiger partial charge is 0.217 e. The van der Waals surface area contributed by atoms with E-state index in [-0.39, 0.29) is 11.3 Å². The molecule has 6 heteroatoms. The van der Waals surface area contributed by atoms with Gasteiger partial charge in [-0.1, -0.05) is 6.92 Å². The van der Waals surface area contributed by atoms with Crippen molar-refractivity contribution in [2.45, 2.75) is 50.3 Å². The molecule has 19 heavy (non-hydrogen) atoms. The van der Waals surface area contributed by atoms with E-state index < -0.39 is 10.0 Å². The first-order valence-electron chi connectivity index (χ1n) is 7.45. The lowest BCUT2D eigenvalue weighted by Crippen LogP contribution is -2.50. The van der Waals surface area contributed by atoms with E-state index in [1.807, 2.05) is 6.92 Å². The van der Waals surface area contributed by atoms with Crippen molar-refractivity contribution in [2.75, 3.05) is 32.8 Å². The molecule has 2 saturated heterocycles. The van der Waals surface area contributed by atoms with E-state index in [1.54, 1.807) is 4.31 Å². The highest BCUT2D eigenvalue weighted by Crippen LogP contribution is 2.24. The van der Waals surface area contributed by atoms with Crippen LogP contribution in [0.1, 0.15) is 39.0 Å². The number of sulfonamides is 1. The van der Waals surface area contributed by atoms with Crippen LogP contribution in [0.4, 0.5) is 0 Å². The summed E-state index contributed by atoms with van der Waals surface area (Å²) in [5.41, 5.74) is 0. The minimum Gasteiger partial charge on any atom is -0.381 e. The van der Waals surface area contributed by atoms with Crippen LogP contribution < -0.4 is 5.32 Å². The fourth-order valence-corrected chi connectivity index (χ4v) is 5.23. The maximum Gasteiger partial charge on any atom is 0.217 e. The first-order valence-corrected chi connectivity index (χ1v) is 8.95. The highest BCUT2D eigenvalue weighted by Gasteiger charge is 2.37. The Morgan fingerprint density at radius 2 is 1.79 bits per heavy atom. The highest BCUT2D eigenvalue weighted by molar-refractivity contribution is 7.89. The van der Waals surface area contributed by atoms with Crippen LogP contribution in [0.5, 0.6) is 0 Å². The summed E-state index contributed by atoms with van der Waals surface area (Å²) in [5, 5.41) is 3.07. The Morgan fingerprint density at radius 1 is 1.16 bits per heavy atom. The molecule has 0 atom stereocenters. The second-order valence-corrected chi connectivity index (χ2v) is 7.61. The summed E-state index contributed by atoms with van der Waals surface area (Å²) >= 11 is 0. The number of piperidine rings is 1. The number of nitrogens with zero attached hydrogens (tertiary/aromatic N) is 1. The van der Waals surface area contributed by atoms with Crippen LogP contribution >= 0.6 is 0 Å². The first kappa shape index (κ1) is 15.2. The molecule has 0 amide bonds. The minimum absolute atomic E-state index is 0.189.